The SMILES string of the molecule is CCN(CC)CCn1c(NC(=O)c2cc(C(C)C)nc3ccccc23)nc2ccccc21. The second-order valence-electron chi connectivity index (χ2n) is 8.32. The standard InChI is InChI=1S/C26H31N5O/c1-5-30(6-2)15-16-31-24-14-10-9-13-22(24)28-26(31)29-25(32)20-17-23(18(3)4)27-21-12-8-7-11-19(20)21/h7-14,17-18H,5-6,15-16H2,1-4H3,(H,28,29,32). The number of benzene rings is 2. The molecule has 2 aromatic carbocycles. The van der Waals surface area contributed by atoms with Crippen LogP contribution in [0.4, 0.5) is 5.95 Å². The van der Waals surface area contributed by atoms with Crippen LogP contribution in [0.25, 0.3) is 21.9 Å². The molecule has 1 amide bonds. The van der Waals surface area contributed by atoms with Crippen LogP contribution in [-0.2, 0) is 6.54 Å². The summed E-state index contributed by atoms with van der Waals surface area (Å²) < 4.78 is 2.11. The molecule has 166 valence electrons. The zero-order valence-electron chi connectivity index (χ0n) is 19.3. The first kappa shape index (κ1) is 22.0. The summed E-state index contributed by atoms with van der Waals surface area (Å²) in [5, 5.41) is 3.95. The lowest BCUT2D eigenvalue weighted by atomic mass is 10.0. The van der Waals surface area contributed by atoms with Crippen molar-refractivity contribution in [1.82, 2.24) is 19.4 Å². The highest BCUT2D eigenvalue weighted by Crippen LogP contribution is 2.25. The van der Waals surface area contributed by atoms with E-state index in [1.165, 1.54) is 0 Å². The molecule has 6 heteroatoms. The molecule has 0 aliphatic rings. The lowest BCUT2D eigenvalue weighted by Crippen LogP contribution is -2.27. The van der Waals surface area contributed by atoms with Crippen LogP contribution in [0, 0.1) is 0 Å². The molecule has 0 bridgehead atoms. The maximum atomic E-state index is 13.5. The van der Waals surface area contributed by atoms with Crippen molar-refractivity contribution < 1.29 is 4.79 Å². The Hall–Kier alpha value is -3.25. The summed E-state index contributed by atoms with van der Waals surface area (Å²) >= 11 is 0. The van der Waals surface area contributed by atoms with Gasteiger partial charge >= 0.3 is 0 Å². The molecule has 32 heavy (non-hydrogen) atoms. The highest BCUT2D eigenvalue weighted by molar-refractivity contribution is 6.12. The maximum absolute atomic E-state index is 13.5. The average Bonchev–Trinajstić information content (AvgIpc) is 3.15. The van der Waals surface area contributed by atoms with Crippen LogP contribution < -0.4 is 5.32 Å². The van der Waals surface area contributed by atoms with Crippen LogP contribution in [0.15, 0.2) is 54.6 Å². The Morgan fingerprint density at radius 1 is 1.00 bits per heavy atom. The number of likely N-dealkylation sites (N-methyl/N-ethyl adjacent to an activating group) is 1. The number of para-hydroxylation sites is 3. The molecular formula is C26H31N5O. The molecule has 2 aromatic heterocycles. The van der Waals surface area contributed by atoms with Crippen LogP contribution in [-0.4, -0.2) is 45.0 Å². The average molecular weight is 430 g/mol. The van der Waals surface area contributed by atoms with Crippen molar-refractivity contribution in [2.75, 3.05) is 25.0 Å². The quantitative estimate of drug-likeness (QED) is 0.413. The van der Waals surface area contributed by atoms with Crippen molar-refractivity contribution in [3.63, 3.8) is 0 Å². The fraction of sp³-hybridized carbons (Fsp3) is 0.346. The number of aromatic nitrogens is 3. The fourth-order valence-electron chi connectivity index (χ4n) is 4.03. The molecule has 0 fully saturated rings. The van der Waals surface area contributed by atoms with Crippen molar-refractivity contribution in [2.24, 2.45) is 0 Å². The van der Waals surface area contributed by atoms with E-state index in [2.05, 4.69) is 48.5 Å². The molecule has 0 unspecified atom stereocenters. The van der Waals surface area contributed by atoms with Gasteiger partial charge in [-0.1, -0.05) is 58.0 Å². The summed E-state index contributed by atoms with van der Waals surface area (Å²) in [6.07, 6.45) is 0. The Morgan fingerprint density at radius 2 is 1.69 bits per heavy atom. The Balaban J connectivity index is 1.72. The number of carbonyl (C=O) groups is 1. The number of hydrogen-bond acceptors (Lipinski definition) is 4. The van der Waals surface area contributed by atoms with Crippen LogP contribution in [0.3, 0.4) is 0 Å². The van der Waals surface area contributed by atoms with Crippen molar-refractivity contribution in [2.45, 2.75) is 40.2 Å². The number of hydrogen-bond donors (Lipinski definition) is 1. The number of amides is 1. The van der Waals surface area contributed by atoms with E-state index in [-0.39, 0.29) is 11.8 Å². The van der Waals surface area contributed by atoms with E-state index in [1.54, 1.807) is 0 Å². The molecule has 4 aromatic rings. The van der Waals surface area contributed by atoms with Crippen LogP contribution >= 0.6 is 0 Å². The first-order valence-corrected chi connectivity index (χ1v) is 11.4. The molecule has 6 nitrogen and oxygen atoms in total. The molecule has 0 saturated heterocycles. The van der Waals surface area contributed by atoms with Gasteiger partial charge in [-0.15, -0.1) is 0 Å². The minimum absolute atomic E-state index is 0.162. The third kappa shape index (κ3) is 4.36. The predicted molar refractivity (Wildman–Crippen MR) is 131 cm³/mol. The zero-order chi connectivity index (χ0) is 22.7. The zero-order valence-corrected chi connectivity index (χ0v) is 19.3. The lowest BCUT2D eigenvalue weighted by molar-refractivity contribution is 0.102. The topological polar surface area (TPSA) is 63.0 Å². The number of nitrogens with one attached hydrogen (secondary N) is 1. The van der Waals surface area contributed by atoms with Gasteiger partial charge in [0.1, 0.15) is 0 Å². The molecule has 0 saturated carbocycles. The van der Waals surface area contributed by atoms with E-state index in [4.69, 9.17) is 9.97 Å². The van der Waals surface area contributed by atoms with E-state index in [0.717, 1.165) is 53.8 Å². The molecule has 2 heterocycles. The van der Waals surface area contributed by atoms with Gasteiger partial charge in [-0.3, -0.25) is 15.1 Å². The lowest BCUT2D eigenvalue weighted by Gasteiger charge is -2.19. The normalized spacial score (nSPS) is 11.7. The van der Waals surface area contributed by atoms with E-state index in [0.29, 0.717) is 11.5 Å². The van der Waals surface area contributed by atoms with Gasteiger partial charge in [0.2, 0.25) is 5.95 Å². The van der Waals surface area contributed by atoms with Gasteiger partial charge in [-0.05, 0) is 43.3 Å². The van der Waals surface area contributed by atoms with Gasteiger partial charge in [-0.25, -0.2) is 4.98 Å². The summed E-state index contributed by atoms with van der Waals surface area (Å²) in [5.74, 6) is 0.644. The minimum Gasteiger partial charge on any atom is -0.309 e. The monoisotopic (exact) mass is 429 g/mol. The number of pyridine rings is 1. The summed E-state index contributed by atoms with van der Waals surface area (Å²) in [6, 6.07) is 17.7. The Kier molecular flexibility index (Phi) is 6.51. The van der Waals surface area contributed by atoms with Gasteiger partial charge in [0.25, 0.3) is 5.91 Å². The molecule has 0 spiro atoms. The molecule has 0 atom stereocenters. The molecule has 0 aliphatic heterocycles. The van der Waals surface area contributed by atoms with Crippen molar-refractivity contribution in [1.29, 1.82) is 0 Å². The molecule has 0 aliphatic carbocycles. The third-order valence-electron chi connectivity index (χ3n) is 5.99. The summed E-state index contributed by atoms with van der Waals surface area (Å²) in [5.41, 5.74) is 4.27. The molecular weight excluding hydrogens is 398 g/mol. The summed E-state index contributed by atoms with van der Waals surface area (Å²) in [4.78, 5) is 25.3. The fourth-order valence-corrected chi connectivity index (χ4v) is 4.03. The Labute approximate surface area is 189 Å². The highest BCUT2D eigenvalue weighted by Gasteiger charge is 2.18. The van der Waals surface area contributed by atoms with Crippen molar-refractivity contribution >= 4 is 33.8 Å². The molecule has 1 N–H and O–H groups in total. The van der Waals surface area contributed by atoms with Crippen LogP contribution in [0.1, 0.15) is 49.7 Å². The van der Waals surface area contributed by atoms with Crippen molar-refractivity contribution in [3.05, 3.63) is 65.9 Å². The largest absolute Gasteiger partial charge is 0.309 e. The second kappa shape index (κ2) is 9.49. The second-order valence-corrected chi connectivity index (χ2v) is 8.32. The van der Waals surface area contributed by atoms with Gasteiger partial charge in [0.05, 0.1) is 22.1 Å². The van der Waals surface area contributed by atoms with Gasteiger partial charge in [0.15, 0.2) is 0 Å². The Bertz CT molecular complexity index is 1240. The predicted octanol–water partition coefficient (Wildman–Crippen LogP) is 5.30. The van der Waals surface area contributed by atoms with E-state index >= 15 is 0 Å². The van der Waals surface area contributed by atoms with Crippen LogP contribution in [0.2, 0.25) is 0 Å². The first-order chi connectivity index (χ1) is 15.5. The number of anilines is 1. The maximum Gasteiger partial charge on any atom is 0.258 e. The van der Waals surface area contributed by atoms with E-state index in [1.807, 2.05) is 48.5 Å². The number of fused-ring (bicyclic) bond motifs is 2. The van der Waals surface area contributed by atoms with Gasteiger partial charge < -0.3 is 9.47 Å². The summed E-state index contributed by atoms with van der Waals surface area (Å²) in [6.45, 7) is 12.1. The first-order valence-electron chi connectivity index (χ1n) is 11.4. The summed E-state index contributed by atoms with van der Waals surface area (Å²) in [7, 11) is 0. The molecule has 4 rings (SSSR count). The number of nitrogens with zero attached hydrogens (tertiary/aromatic N) is 4. The van der Waals surface area contributed by atoms with Crippen LogP contribution in [0.5, 0.6) is 0 Å². The Morgan fingerprint density at radius 3 is 2.41 bits per heavy atom. The number of rotatable bonds is 8. The third-order valence-corrected chi connectivity index (χ3v) is 5.99. The minimum atomic E-state index is -0.162. The van der Waals surface area contributed by atoms with Gasteiger partial charge in [0, 0.05) is 24.2 Å². The number of imidazole rings is 1. The van der Waals surface area contributed by atoms with E-state index < -0.39 is 0 Å². The van der Waals surface area contributed by atoms with Crippen molar-refractivity contribution in [3.8, 4) is 0 Å². The highest BCUT2D eigenvalue weighted by atomic mass is 16.1. The molecule has 0 radical (unpaired) electrons. The van der Waals surface area contributed by atoms with Gasteiger partial charge in [-0.2, -0.15) is 0 Å². The van der Waals surface area contributed by atoms with E-state index in [9.17, 15) is 4.79 Å². The number of carbonyl (C=O) groups excluding carboxylic acids is 1. The smallest absolute Gasteiger partial charge is 0.258 e.